The molecule has 5 nitrogen and oxygen atoms in total. The first kappa shape index (κ1) is 31.9. The largest absolute Gasteiger partial charge is 0.456 e. The summed E-state index contributed by atoms with van der Waals surface area (Å²) in [5.41, 5.74) is 12.5. The molecule has 0 fully saturated rings. The first-order chi connectivity index (χ1) is 27.7. The molecule has 0 amide bonds. The van der Waals surface area contributed by atoms with E-state index in [2.05, 4.69) is 126 Å². The number of nitrogens with zero attached hydrogens (tertiary/aromatic N) is 4. The second-order valence-corrected chi connectivity index (χ2v) is 14.0. The summed E-state index contributed by atoms with van der Waals surface area (Å²) in [6.07, 6.45) is 0. The van der Waals surface area contributed by atoms with E-state index >= 15 is 0 Å². The van der Waals surface area contributed by atoms with Gasteiger partial charge in [-0.3, -0.25) is 0 Å². The van der Waals surface area contributed by atoms with Gasteiger partial charge in [0.1, 0.15) is 11.2 Å². The molecule has 0 aliphatic heterocycles. The molecular formula is C51H32N4O. The molecule has 262 valence electrons. The average Bonchev–Trinajstić information content (AvgIpc) is 3.83. The van der Waals surface area contributed by atoms with Gasteiger partial charge in [-0.15, -0.1) is 0 Å². The Morgan fingerprint density at radius 2 is 0.893 bits per heavy atom. The summed E-state index contributed by atoms with van der Waals surface area (Å²) in [4.78, 5) is 15.0. The summed E-state index contributed by atoms with van der Waals surface area (Å²) in [5, 5.41) is 4.66. The monoisotopic (exact) mass is 716 g/mol. The van der Waals surface area contributed by atoms with Crippen molar-refractivity contribution in [2.75, 3.05) is 0 Å². The fraction of sp³-hybridized carbons (Fsp3) is 0. The van der Waals surface area contributed by atoms with Gasteiger partial charge in [0.2, 0.25) is 0 Å². The number of para-hydroxylation sites is 2. The molecule has 0 atom stereocenters. The second kappa shape index (κ2) is 13.0. The number of rotatable bonds is 6. The molecule has 0 aliphatic carbocycles. The van der Waals surface area contributed by atoms with Crippen LogP contribution >= 0.6 is 0 Å². The zero-order valence-electron chi connectivity index (χ0n) is 30.2. The summed E-state index contributed by atoms with van der Waals surface area (Å²) in [5.74, 6) is 1.90. The van der Waals surface area contributed by atoms with Crippen LogP contribution in [0.5, 0.6) is 0 Å². The van der Waals surface area contributed by atoms with Gasteiger partial charge >= 0.3 is 0 Å². The molecule has 0 spiro atoms. The molecule has 0 N–H and O–H groups in total. The lowest BCUT2D eigenvalue weighted by atomic mass is 9.95. The maximum atomic E-state index is 6.24. The number of hydrogen-bond donors (Lipinski definition) is 0. The fourth-order valence-corrected chi connectivity index (χ4v) is 8.03. The Bertz CT molecular complexity index is 3200. The molecule has 0 bridgehead atoms. The lowest BCUT2D eigenvalue weighted by Crippen LogP contribution is -2.01. The summed E-state index contributed by atoms with van der Waals surface area (Å²) in [7, 11) is 0. The van der Waals surface area contributed by atoms with Gasteiger partial charge in [-0.25, -0.2) is 15.0 Å². The zero-order valence-corrected chi connectivity index (χ0v) is 30.2. The summed E-state index contributed by atoms with van der Waals surface area (Å²) < 4.78 is 8.60. The van der Waals surface area contributed by atoms with Gasteiger partial charge in [0.05, 0.1) is 11.0 Å². The summed E-state index contributed by atoms with van der Waals surface area (Å²) >= 11 is 0. The first-order valence-corrected chi connectivity index (χ1v) is 18.8. The van der Waals surface area contributed by atoms with E-state index in [1.54, 1.807) is 0 Å². The van der Waals surface area contributed by atoms with Crippen molar-refractivity contribution in [1.29, 1.82) is 0 Å². The molecule has 5 heteroatoms. The van der Waals surface area contributed by atoms with Crippen LogP contribution in [0.15, 0.2) is 199 Å². The molecule has 0 unspecified atom stereocenters. The number of aromatic nitrogens is 4. The van der Waals surface area contributed by atoms with Gasteiger partial charge in [0, 0.05) is 43.9 Å². The van der Waals surface area contributed by atoms with Crippen LogP contribution < -0.4 is 0 Å². The average molecular weight is 717 g/mol. The number of furan rings is 1. The molecule has 8 aromatic carbocycles. The Morgan fingerprint density at radius 3 is 1.68 bits per heavy atom. The molecule has 11 aromatic rings. The fourth-order valence-electron chi connectivity index (χ4n) is 8.03. The summed E-state index contributed by atoms with van der Waals surface area (Å²) in [6, 6.07) is 67.6. The van der Waals surface area contributed by atoms with E-state index in [-0.39, 0.29) is 0 Å². The van der Waals surface area contributed by atoms with Crippen molar-refractivity contribution in [3.8, 4) is 62.1 Å². The van der Waals surface area contributed by atoms with Crippen LogP contribution in [0.1, 0.15) is 0 Å². The molecule has 11 rings (SSSR count). The Morgan fingerprint density at radius 1 is 0.339 bits per heavy atom. The lowest BCUT2D eigenvalue weighted by Gasteiger charge is -2.12. The third-order valence-corrected chi connectivity index (χ3v) is 10.6. The smallest absolute Gasteiger partial charge is 0.164 e. The van der Waals surface area contributed by atoms with E-state index in [1.165, 1.54) is 10.8 Å². The van der Waals surface area contributed by atoms with E-state index in [1.807, 2.05) is 72.8 Å². The minimum absolute atomic E-state index is 0.623. The predicted octanol–water partition coefficient (Wildman–Crippen LogP) is 13.2. The van der Waals surface area contributed by atoms with Crippen molar-refractivity contribution in [3.63, 3.8) is 0 Å². The van der Waals surface area contributed by atoms with Gasteiger partial charge in [-0.05, 0) is 64.7 Å². The van der Waals surface area contributed by atoms with Crippen LogP contribution in [-0.2, 0) is 0 Å². The van der Waals surface area contributed by atoms with Gasteiger partial charge < -0.3 is 8.98 Å². The van der Waals surface area contributed by atoms with Crippen LogP contribution in [0.4, 0.5) is 0 Å². The molecular weight excluding hydrogens is 685 g/mol. The highest BCUT2D eigenvalue weighted by Crippen LogP contribution is 2.39. The third kappa shape index (κ3) is 5.37. The van der Waals surface area contributed by atoms with Crippen LogP contribution in [0.25, 0.3) is 106 Å². The van der Waals surface area contributed by atoms with Gasteiger partial charge in [-0.1, -0.05) is 152 Å². The maximum Gasteiger partial charge on any atom is 0.164 e. The van der Waals surface area contributed by atoms with E-state index in [9.17, 15) is 0 Å². The molecule has 0 saturated heterocycles. The van der Waals surface area contributed by atoms with Crippen molar-refractivity contribution in [2.45, 2.75) is 0 Å². The Kier molecular flexibility index (Phi) is 7.42. The van der Waals surface area contributed by atoms with E-state index in [4.69, 9.17) is 19.4 Å². The molecule has 0 saturated carbocycles. The van der Waals surface area contributed by atoms with E-state index in [0.717, 1.165) is 77.6 Å². The highest BCUT2D eigenvalue weighted by atomic mass is 16.3. The van der Waals surface area contributed by atoms with Gasteiger partial charge in [0.15, 0.2) is 17.5 Å². The maximum absolute atomic E-state index is 6.24. The highest BCUT2D eigenvalue weighted by molar-refractivity contribution is 6.13. The van der Waals surface area contributed by atoms with Crippen LogP contribution in [-0.4, -0.2) is 19.5 Å². The minimum atomic E-state index is 0.623. The van der Waals surface area contributed by atoms with Crippen molar-refractivity contribution >= 4 is 43.7 Å². The van der Waals surface area contributed by atoms with E-state index in [0.29, 0.717) is 17.5 Å². The minimum Gasteiger partial charge on any atom is -0.456 e. The van der Waals surface area contributed by atoms with E-state index < -0.39 is 0 Å². The number of fused-ring (bicyclic) bond motifs is 6. The van der Waals surface area contributed by atoms with Crippen molar-refractivity contribution in [3.05, 3.63) is 194 Å². The van der Waals surface area contributed by atoms with Crippen LogP contribution in [0.2, 0.25) is 0 Å². The molecule has 0 aliphatic rings. The van der Waals surface area contributed by atoms with Crippen molar-refractivity contribution < 1.29 is 4.42 Å². The molecule has 3 heterocycles. The SMILES string of the molecule is c1ccc(-c2nc(-c3ccccc3)nc(-c3cccc(-n4c5ccccc5c5ccc(-c6cccc(-c7cccc8oc9ccccc9c78)c6)cc54)c3)n2)cc1. The third-order valence-electron chi connectivity index (χ3n) is 10.6. The predicted molar refractivity (Wildman–Crippen MR) is 229 cm³/mol. The van der Waals surface area contributed by atoms with Gasteiger partial charge in [-0.2, -0.15) is 0 Å². The van der Waals surface area contributed by atoms with Gasteiger partial charge in [0.25, 0.3) is 0 Å². The Hall–Kier alpha value is -7.63. The normalized spacial score (nSPS) is 11.6. The molecule has 56 heavy (non-hydrogen) atoms. The number of hydrogen-bond acceptors (Lipinski definition) is 4. The van der Waals surface area contributed by atoms with Crippen LogP contribution in [0, 0.1) is 0 Å². The molecule has 0 radical (unpaired) electrons. The quantitative estimate of drug-likeness (QED) is 0.172. The molecule has 3 aromatic heterocycles. The lowest BCUT2D eigenvalue weighted by molar-refractivity contribution is 0.669. The Labute approximate surface area is 322 Å². The van der Waals surface area contributed by atoms with Crippen molar-refractivity contribution in [1.82, 2.24) is 19.5 Å². The van der Waals surface area contributed by atoms with Crippen molar-refractivity contribution in [2.24, 2.45) is 0 Å². The first-order valence-electron chi connectivity index (χ1n) is 18.8. The standard InChI is InChI=1S/C51H32N4O/c1-3-14-33(15-4-1)49-52-50(34-16-5-2-6-17-34)54-51(53-49)38-20-12-21-39(31-38)55-44-25-9-7-22-41(44)42-29-28-36(32-45(42)55)35-18-11-19-37(30-35)40-24-13-27-47-48(40)43-23-8-10-26-46(43)56-47/h1-32H. The number of benzene rings is 8. The highest BCUT2D eigenvalue weighted by Gasteiger charge is 2.17. The summed E-state index contributed by atoms with van der Waals surface area (Å²) in [6.45, 7) is 0. The Balaban J connectivity index is 1.06. The second-order valence-electron chi connectivity index (χ2n) is 14.0. The zero-order chi connectivity index (χ0) is 37.0. The topological polar surface area (TPSA) is 56.7 Å². The van der Waals surface area contributed by atoms with Crippen LogP contribution in [0.3, 0.4) is 0 Å².